The Hall–Kier alpha value is -2.38. The van der Waals surface area contributed by atoms with Gasteiger partial charge in [-0.25, -0.2) is 4.79 Å². The molecule has 2 aromatic rings. The fourth-order valence-corrected chi connectivity index (χ4v) is 4.90. The molecule has 7 heteroatoms. The molecule has 3 heterocycles. The number of morpholine rings is 1. The molecule has 2 aliphatic heterocycles. The minimum absolute atomic E-state index is 0.00517. The molecule has 1 aliphatic carbocycles. The monoisotopic (exact) mass is 412 g/mol. The summed E-state index contributed by atoms with van der Waals surface area (Å²) in [5.41, 5.74) is 3.03. The topological polar surface area (TPSA) is 72.2 Å². The molecule has 0 radical (unpaired) electrons. The van der Waals surface area contributed by atoms with Crippen molar-refractivity contribution in [3.8, 4) is 5.75 Å². The maximum atomic E-state index is 12.8. The highest BCUT2D eigenvalue weighted by molar-refractivity contribution is 5.87. The minimum Gasteiger partial charge on any atom is -0.480 e. The second-order valence-corrected chi connectivity index (χ2v) is 8.57. The predicted molar refractivity (Wildman–Crippen MR) is 112 cm³/mol. The summed E-state index contributed by atoms with van der Waals surface area (Å²) >= 11 is 0. The highest BCUT2D eigenvalue weighted by atomic mass is 16.5. The van der Waals surface area contributed by atoms with Gasteiger partial charge in [0.25, 0.3) is 5.91 Å². The van der Waals surface area contributed by atoms with Gasteiger partial charge in [0.05, 0.1) is 13.2 Å². The van der Waals surface area contributed by atoms with Gasteiger partial charge in [0.15, 0.2) is 6.10 Å². The first-order chi connectivity index (χ1) is 14.5. The van der Waals surface area contributed by atoms with E-state index in [1.807, 2.05) is 24.0 Å². The summed E-state index contributed by atoms with van der Waals surface area (Å²) in [6.07, 6.45) is 2.10. The number of rotatable bonds is 4. The van der Waals surface area contributed by atoms with Crippen molar-refractivity contribution in [3.05, 3.63) is 39.2 Å². The fraction of sp³-hybridized carbons (Fsp3) is 0.565. The van der Waals surface area contributed by atoms with Crippen molar-refractivity contribution in [1.29, 1.82) is 0 Å². The van der Waals surface area contributed by atoms with Gasteiger partial charge in [-0.15, -0.1) is 0 Å². The molecule has 160 valence electrons. The third kappa shape index (κ3) is 3.30. The van der Waals surface area contributed by atoms with Crippen LogP contribution in [-0.4, -0.2) is 67.2 Å². The normalized spacial score (nSPS) is 20.8. The Bertz CT molecular complexity index is 1030. The van der Waals surface area contributed by atoms with Crippen LogP contribution < -0.4 is 10.4 Å². The maximum Gasteiger partial charge on any atom is 0.339 e. The molecule has 1 atom stereocenters. The second-order valence-electron chi connectivity index (χ2n) is 8.57. The lowest BCUT2D eigenvalue weighted by atomic mass is 10.0. The molecule has 0 spiro atoms. The van der Waals surface area contributed by atoms with Crippen LogP contribution in [0.4, 0.5) is 0 Å². The number of likely N-dealkylation sites (tertiary alicyclic amines) is 1. The molecule has 0 bridgehead atoms. The Morgan fingerprint density at radius 3 is 2.67 bits per heavy atom. The largest absolute Gasteiger partial charge is 0.480 e. The zero-order valence-corrected chi connectivity index (χ0v) is 17.6. The lowest BCUT2D eigenvalue weighted by molar-refractivity contribution is -0.146. The molecular formula is C23H28N2O5. The number of carbonyl (C=O) groups is 1. The molecule has 7 nitrogen and oxygen atoms in total. The molecular weight excluding hydrogens is 384 g/mol. The quantitative estimate of drug-likeness (QED) is 0.715. The average Bonchev–Trinajstić information content (AvgIpc) is 3.21. The average molecular weight is 412 g/mol. The van der Waals surface area contributed by atoms with E-state index >= 15 is 0 Å². The Kier molecular flexibility index (Phi) is 5.03. The van der Waals surface area contributed by atoms with E-state index in [-0.39, 0.29) is 11.5 Å². The molecule has 30 heavy (non-hydrogen) atoms. The van der Waals surface area contributed by atoms with Crippen LogP contribution in [0, 0.1) is 6.92 Å². The van der Waals surface area contributed by atoms with Gasteiger partial charge in [0.2, 0.25) is 0 Å². The van der Waals surface area contributed by atoms with Gasteiger partial charge >= 0.3 is 5.63 Å². The number of fused-ring (bicyclic) bond motifs is 3. The van der Waals surface area contributed by atoms with E-state index in [1.165, 1.54) is 0 Å². The number of aryl methyl sites for hydroxylation is 2. The number of hydrogen-bond acceptors (Lipinski definition) is 6. The van der Waals surface area contributed by atoms with E-state index in [1.54, 1.807) is 6.92 Å². The number of nitrogens with zero attached hydrogens (tertiary/aromatic N) is 2. The second kappa shape index (κ2) is 7.71. The Morgan fingerprint density at radius 2 is 1.90 bits per heavy atom. The van der Waals surface area contributed by atoms with Gasteiger partial charge < -0.3 is 18.8 Å². The minimum atomic E-state index is -0.590. The van der Waals surface area contributed by atoms with E-state index in [9.17, 15) is 9.59 Å². The van der Waals surface area contributed by atoms with Gasteiger partial charge in [-0.3, -0.25) is 9.69 Å². The zero-order chi connectivity index (χ0) is 20.8. The molecule has 3 aliphatic rings. The molecule has 2 fully saturated rings. The van der Waals surface area contributed by atoms with Crippen molar-refractivity contribution in [2.45, 2.75) is 45.3 Å². The molecule has 1 aromatic carbocycles. The van der Waals surface area contributed by atoms with Crippen LogP contribution in [-0.2, 0) is 22.4 Å². The molecule has 5 rings (SSSR count). The van der Waals surface area contributed by atoms with Gasteiger partial charge in [0.1, 0.15) is 11.3 Å². The maximum absolute atomic E-state index is 12.8. The first kappa shape index (κ1) is 19.6. The van der Waals surface area contributed by atoms with Crippen LogP contribution in [0.5, 0.6) is 5.75 Å². The summed E-state index contributed by atoms with van der Waals surface area (Å²) < 4.78 is 17.1. The third-order valence-electron chi connectivity index (χ3n) is 6.73. The first-order valence-electron chi connectivity index (χ1n) is 10.9. The summed E-state index contributed by atoms with van der Waals surface area (Å²) in [5.74, 6) is 0.587. The van der Waals surface area contributed by atoms with Crippen LogP contribution in [0.3, 0.4) is 0 Å². The summed E-state index contributed by atoms with van der Waals surface area (Å²) in [6.45, 7) is 8.56. The predicted octanol–water partition coefficient (Wildman–Crippen LogP) is 1.90. The lowest BCUT2D eigenvalue weighted by Crippen LogP contribution is -2.64. The Labute approximate surface area is 175 Å². The molecule has 0 saturated carbocycles. The molecule has 1 aromatic heterocycles. The van der Waals surface area contributed by atoms with Crippen molar-refractivity contribution in [1.82, 2.24) is 9.80 Å². The van der Waals surface area contributed by atoms with E-state index < -0.39 is 6.10 Å². The highest BCUT2D eigenvalue weighted by Gasteiger charge is 2.37. The molecule has 2 saturated heterocycles. The summed E-state index contributed by atoms with van der Waals surface area (Å²) in [6, 6.07) is 4.27. The zero-order valence-electron chi connectivity index (χ0n) is 17.6. The number of amides is 1. The van der Waals surface area contributed by atoms with Gasteiger partial charge in [-0.2, -0.15) is 0 Å². The third-order valence-corrected chi connectivity index (χ3v) is 6.73. The van der Waals surface area contributed by atoms with Gasteiger partial charge in [-0.1, -0.05) is 0 Å². The smallest absolute Gasteiger partial charge is 0.339 e. The van der Waals surface area contributed by atoms with Crippen LogP contribution in [0.25, 0.3) is 11.0 Å². The van der Waals surface area contributed by atoms with Crippen molar-refractivity contribution < 1.29 is 18.7 Å². The highest BCUT2D eigenvalue weighted by Crippen LogP contribution is 2.33. The summed E-state index contributed by atoms with van der Waals surface area (Å²) in [7, 11) is 0. The van der Waals surface area contributed by atoms with E-state index in [0.717, 1.165) is 80.7 Å². The molecule has 1 amide bonds. The summed E-state index contributed by atoms with van der Waals surface area (Å²) in [4.78, 5) is 29.4. The molecule has 0 N–H and O–H groups in total. The van der Waals surface area contributed by atoms with Crippen molar-refractivity contribution in [3.63, 3.8) is 0 Å². The van der Waals surface area contributed by atoms with Gasteiger partial charge in [-0.05, 0) is 50.8 Å². The lowest BCUT2D eigenvalue weighted by Gasteiger charge is -2.47. The van der Waals surface area contributed by atoms with Crippen LogP contribution in [0.2, 0.25) is 0 Å². The Morgan fingerprint density at radius 1 is 1.17 bits per heavy atom. The first-order valence-corrected chi connectivity index (χ1v) is 10.9. The van der Waals surface area contributed by atoms with Gasteiger partial charge in [0, 0.05) is 48.7 Å². The van der Waals surface area contributed by atoms with E-state index in [2.05, 4.69) is 4.90 Å². The molecule has 1 unspecified atom stereocenters. The SMILES string of the molecule is Cc1c(OC(C)C(=O)N2CC(N3CCOCC3)C2)ccc2c3c(c(=O)oc12)CCC3. The van der Waals surface area contributed by atoms with Crippen molar-refractivity contribution in [2.24, 2.45) is 0 Å². The van der Waals surface area contributed by atoms with Crippen molar-refractivity contribution >= 4 is 16.9 Å². The number of ether oxygens (including phenoxy) is 2. The van der Waals surface area contributed by atoms with E-state index in [4.69, 9.17) is 13.9 Å². The van der Waals surface area contributed by atoms with Crippen LogP contribution in [0.1, 0.15) is 30.0 Å². The Balaban J connectivity index is 1.28. The fourth-order valence-electron chi connectivity index (χ4n) is 4.90. The number of benzene rings is 1. The van der Waals surface area contributed by atoms with E-state index in [0.29, 0.717) is 17.4 Å². The number of carbonyl (C=O) groups excluding carboxylic acids is 1. The summed E-state index contributed by atoms with van der Waals surface area (Å²) in [5, 5.41) is 0.988. The van der Waals surface area contributed by atoms with Crippen molar-refractivity contribution in [2.75, 3.05) is 39.4 Å². The standard InChI is InChI=1S/C23H28N2O5/c1-14-20(7-6-18-17-4-3-5-19(17)23(27)30-21(14)18)29-15(2)22(26)25-12-16(13-25)24-8-10-28-11-9-24/h6-7,15-16H,3-5,8-13H2,1-2H3. The number of hydrogen-bond donors (Lipinski definition) is 0. The van der Waals surface area contributed by atoms with Crippen LogP contribution in [0.15, 0.2) is 21.3 Å². The van der Waals surface area contributed by atoms with Crippen LogP contribution >= 0.6 is 0 Å².